The SMILES string of the molecule is CNC(c1ccco1)C1C2C3CCC(C3)C21. The van der Waals surface area contributed by atoms with E-state index >= 15 is 0 Å². The third-order valence-electron chi connectivity index (χ3n) is 5.34. The maximum atomic E-state index is 5.58. The van der Waals surface area contributed by atoms with Gasteiger partial charge >= 0.3 is 0 Å². The Hall–Kier alpha value is -0.760. The lowest BCUT2D eigenvalue weighted by Gasteiger charge is -2.17. The van der Waals surface area contributed by atoms with E-state index in [1.54, 1.807) is 6.26 Å². The van der Waals surface area contributed by atoms with Gasteiger partial charge in [0.1, 0.15) is 5.76 Å². The summed E-state index contributed by atoms with van der Waals surface area (Å²) in [6.45, 7) is 0. The summed E-state index contributed by atoms with van der Waals surface area (Å²) in [4.78, 5) is 0. The summed E-state index contributed by atoms with van der Waals surface area (Å²) in [5, 5.41) is 3.47. The molecule has 1 heterocycles. The average molecular weight is 217 g/mol. The van der Waals surface area contributed by atoms with Crippen LogP contribution in [0.1, 0.15) is 31.1 Å². The van der Waals surface area contributed by atoms with E-state index < -0.39 is 0 Å². The van der Waals surface area contributed by atoms with E-state index in [2.05, 4.69) is 18.4 Å². The van der Waals surface area contributed by atoms with Crippen molar-refractivity contribution >= 4 is 0 Å². The molecule has 3 aliphatic carbocycles. The molecule has 0 saturated heterocycles. The highest BCUT2D eigenvalue weighted by atomic mass is 16.3. The van der Waals surface area contributed by atoms with Gasteiger partial charge in [-0.05, 0) is 68.0 Å². The molecule has 0 aromatic carbocycles. The van der Waals surface area contributed by atoms with E-state index in [4.69, 9.17) is 4.42 Å². The van der Waals surface area contributed by atoms with Crippen molar-refractivity contribution in [1.29, 1.82) is 0 Å². The van der Waals surface area contributed by atoms with E-state index in [0.717, 1.165) is 35.3 Å². The molecule has 0 radical (unpaired) electrons. The topological polar surface area (TPSA) is 25.2 Å². The molecule has 1 aromatic rings. The Kier molecular flexibility index (Phi) is 1.82. The third-order valence-corrected chi connectivity index (χ3v) is 5.34. The van der Waals surface area contributed by atoms with E-state index in [1.165, 1.54) is 19.3 Å². The van der Waals surface area contributed by atoms with Crippen LogP contribution in [0.15, 0.2) is 22.8 Å². The van der Waals surface area contributed by atoms with Crippen LogP contribution in [-0.4, -0.2) is 7.05 Å². The lowest BCUT2D eigenvalue weighted by Crippen LogP contribution is -2.21. The molecule has 16 heavy (non-hydrogen) atoms. The van der Waals surface area contributed by atoms with Crippen molar-refractivity contribution in [2.75, 3.05) is 7.05 Å². The predicted octanol–water partition coefficient (Wildman–Crippen LogP) is 2.83. The number of hydrogen-bond donors (Lipinski definition) is 1. The van der Waals surface area contributed by atoms with E-state index in [9.17, 15) is 0 Å². The number of hydrogen-bond acceptors (Lipinski definition) is 2. The second-order valence-corrected chi connectivity index (χ2v) is 5.85. The van der Waals surface area contributed by atoms with Crippen molar-refractivity contribution in [3.05, 3.63) is 24.2 Å². The van der Waals surface area contributed by atoms with Gasteiger partial charge in [0.25, 0.3) is 0 Å². The molecule has 0 amide bonds. The van der Waals surface area contributed by atoms with Crippen molar-refractivity contribution < 1.29 is 4.42 Å². The molecule has 1 N–H and O–H groups in total. The summed E-state index contributed by atoms with van der Waals surface area (Å²) in [6, 6.07) is 4.59. The zero-order chi connectivity index (χ0) is 10.7. The van der Waals surface area contributed by atoms with Gasteiger partial charge in [-0.3, -0.25) is 0 Å². The fourth-order valence-electron chi connectivity index (χ4n) is 4.83. The molecule has 0 aliphatic heterocycles. The fraction of sp³-hybridized carbons (Fsp3) is 0.714. The normalized spacial score (nSPS) is 45.7. The summed E-state index contributed by atoms with van der Waals surface area (Å²) < 4.78 is 5.58. The van der Waals surface area contributed by atoms with E-state index in [0.29, 0.717) is 6.04 Å². The van der Waals surface area contributed by atoms with Crippen LogP contribution < -0.4 is 5.32 Å². The fourth-order valence-corrected chi connectivity index (χ4v) is 4.83. The van der Waals surface area contributed by atoms with Crippen molar-refractivity contribution in [3.8, 4) is 0 Å². The van der Waals surface area contributed by atoms with Crippen LogP contribution in [0.5, 0.6) is 0 Å². The van der Waals surface area contributed by atoms with Crippen molar-refractivity contribution in [2.24, 2.45) is 29.6 Å². The van der Waals surface area contributed by atoms with E-state index in [1.807, 2.05) is 6.07 Å². The van der Waals surface area contributed by atoms with E-state index in [-0.39, 0.29) is 0 Å². The highest BCUT2D eigenvalue weighted by Crippen LogP contribution is 2.72. The summed E-state index contributed by atoms with van der Waals surface area (Å²) in [5.74, 6) is 6.13. The van der Waals surface area contributed by atoms with Crippen molar-refractivity contribution in [3.63, 3.8) is 0 Å². The second kappa shape index (κ2) is 3.13. The highest BCUT2D eigenvalue weighted by molar-refractivity contribution is 5.20. The van der Waals surface area contributed by atoms with Gasteiger partial charge in [-0.25, -0.2) is 0 Å². The molecule has 5 unspecified atom stereocenters. The number of rotatable bonds is 3. The van der Waals surface area contributed by atoms with Gasteiger partial charge in [0.05, 0.1) is 12.3 Å². The van der Waals surface area contributed by atoms with Gasteiger partial charge in [-0.2, -0.15) is 0 Å². The molecule has 2 bridgehead atoms. The summed E-state index contributed by atoms with van der Waals surface area (Å²) in [5.41, 5.74) is 0. The Morgan fingerprint density at radius 2 is 2.06 bits per heavy atom. The molecule has 2 nitrogen and oxygen atoms in total. The largest absolute Gasteiger partial charge is 0.468 e. The molecule has 3 aliphatic rings. The molecule has 0 spiro atoms. The molecule has 2 heteroatoms. The standard InChI is InChI=1S/C14H19NO/c1-15-14(10-3-2-6-16-10)13-11-8-4-5-9(7-8)12(11)13/h2-3,6,8-9,11-15H,4-5,7H2,1H3. The Balaban J connectivity index is 1.59. The molecule has 3 saturated carbocycles. The third kappa shape index (κ3) is 1.06. The Labute approximate surface area is 96.4 Å². The average Bonchev–Trinajstić information content (AvgIpc) is 2.78. The Morgan fingerprint density at radius 3 is 2.62 bits per heavy atom. The first-order valence-corrected chi connectivity index (χ1v) is 6.61. The van der Waals surface area contributed by atoms with Gasteiger partial charge < -0.3 is 9.73 Å². The zero-order valence-corrected chi connectivity index (χ0v) is 9.73. The molecule has 86 valence electrons. The highest BCUT2D eigenvalue weighted by Gasteiger charge is 2.67. The van der Waals surface area contributed by atoms with Crippen LogP contribution in [-0.2, 0) is 0 Å². The van der Waals surface area contributed by atoms with Crippen LogP contribution in [0.2, 0.25) is 0 Å². The Bertz CT molecular complexity index is 369. The molecule has 3 fully saturated rings. The summed E-state index contributed by atoms with van der Waals surface area (Å²) >= 11 is 0. The smallest absolute Gasteiger partial charge is 0.120 e. The van der Waals surface area contributed by atoms with Gasteiger partial charge in [0.2, 0.25) is 0 Å². The van der Waals surface area contributed by atoms with Crippen molar-refractivity contribution in [2.45, 2.75) is 25.3 Å². The zero-order valence-electron chi connectivity index (χ0n) is 9.73. The second-order valence-electron chi connectivity index (χ2n) is 5.85. The quantitative estimate of drug-likeness (QED) is 0.842. The number of nitrogens with one attached hydrogen (secondary N) is 1. The first kappa shape index (κ1) is 9.29. The maximum Gasteiger partial charge on any atom is 0.120 e. The Morgan fingerprint density at radius 1 is 1.31 bits per heavy atom. The lowest BCUT2D eigenvalue weighted by atomic mass is 9.96. The summed E-state index contributed by atoms with van der Waals surface area (Å²) in [7, 11) is 2.07. The maximum absolute atomic E-state index is 5.58. The molecule has 5 atom stereocenters. The molecule has 4 rings (SSSR count). The molecular formula is C14H19NO. The predicted molar refractivity (Wildman–Crippen MR) is 61.8 cm³/mol. The first-order chi connectivity index (χ1) is 7.90. The van der Waals surface area contributed by atoms with Crippen LogP contribution in [0, 0.1) is 29.6 Å². The monoisotopic (exact) mass is 217 g/mol. The first-order valence-electron chi connectivity index (χ1n) is 6.61. The van der Waals surface area contributed by atoms with Crippen LogP contribution in [0.3, 0.4) is 0 Å². The van der Waals surface area contributed by atoms with Gasteiger partial charge in [0.15, 0.2) is 0 Å². The number of furan rings is 1. The minimum atomic E-state index is 0.466. The summed E-state index contributed by atoms with van der Waals surface area (Å²) in [6.07, 6.45) is 6.32. The lowest BCUT2D eigenvalue weighted by molar-refractivity contribution is 0.338. The molecular weight excluding hydrogens is 198 g/mol. The number of fused-ring (bicyclic) bond motifs is 5. The van der Waals surface area contributed by atoms with Gasteiger partial charge in [-0.1, -0.05) is 0 Å². The van der Waals surface area contributed by atoms with Gasteiger partial charge in [-0.15, -0.1) is 0 Å². The van der Waals surface area contributed by atoms with Crippen LogP contribution in [0.25, 0.3) is 0 Å². The van der Waals surface area contributed by atoms with Crippen LogP contribution in [0.4, 0.5) is 0 Å². The minimum absolute atomic E-state index is 0.466. The van der Waals surface area contributed by atoms with Gasteiger partial charge in [0, 0.05) is 0 Å². The van der Waals surface area contributed by atoms with Crippen LogP contribution >= 0.6 is 0 Å². The minimum Gasteiger partial charge on any atom is -0.468 e. The van der Waals surface area contributed by atoms with Crippen molar-refractivity contribution in [1.82, 2.24) is 5.32 Å². The molecule has 1 aromatic heterocycles.